The van der Waals surface area contributed by atoms with E-state index in [2.05, 4.69) is 15.9 Å². The number of carboxylic acid groups (broad SMARTS) is 1. The number of aromatic carboxylic acids is 1. The first-order chi connectivity index (χ1) is 8.91. The molecule has 1 aromatic carbocycles. The minimum absolute atomic E-state index is 0.114. The fourth-order valence-corrected chi connectivity index (χ4v) is 2.70. The fourth-order valence-electron chi connectivity index (χ4n) is 1.40. The van der Waals surface area contributed by atoms with Crippen LogP contribution in [0.2, 0.25) is 0 Å². The molecule has 104 valence electrons. The molecule has 1 amide bonds. The Morgan fingerprint density at radius 2 is 2.05 bits per heavy atom. The summed E-state index contributed by atoms with van der Waals surface area (Å²) in [5.74, 6) is -0.0416. The average Bonchev–Trinajstić information content (AvgIpc) is 2.35. The van der Waals surface area contributed by atoms with Gasteiger partial charge in [0.1, 0.15) is 0 Å². The summed E-state index contributed by atoms with van der Waals surface area (Å²) < 4.78 is 0.576. The van der Waals surface area contributed by atoms with Crippen molar-refractivity contribution in [2.45, 2.75) is 17.7 Å². The molecule has 0 fully saturated rings. The van der Waals surface area contributed by atoms with E-state index >= 15 is 0 Å². The van der Waals surface area contributed by atoms with Crippen molar-refractivity contribution in [1.82, 2.24) is 4.90 Å². The summed E-state index contributed by atoms with van der Waals surface area (Å²) in [5, 5.41) is 9.01. The van der Waals surface area contributed by atoms with E-state index in [1.165, 1.54) is 0 Å². The Morgan fingerprint density at radius 1 is 1.37 bits per heavy atom. The number of hydrogen-bond acceptors (Lipinski definition) is 3. The van der Waals surface area contributed by atoms with Gasteiger partial charge in [-0.1, -0.05) is 0 Å². The van der Waals surface area contributed by atoms with Gasteiger partial charge in [0.05, 0.1) is 5.56 Å². The van der Waals surface area contributed by atoms with E-state index < -0.39 is 5.97 Å². The standard InChI is InChI=1S/C13H16BrNO3S/c1-15(2)12(16)4-3-7-19-9-5-6-11(14)10(8-9)13(17)18/h5-6,8H,3-4,7H2,1-2H3,(H,17,18). The Bertz CT molecular complexity index is 477. The van der Waals surface area contributed by atoms with Crippen LogP contribution < -0.4 is 0 Å². The zero-order valence-electron chi connectivity index (χ0n) is 10.9. The molecule has 0 radical (unpaired) electrons. The number of nitrogens with zero attached hydrogens (tertiary/aromatic N) is 1. The van der Waals surface area contributed by atoms with Crippen LogP contribution in [0.4, 0.5) is 0 Å². The van der Waals surface area contributed by atoms with E-state index in [0.29, 0.717) is 10.9 Å². The van der Waals surface area contributed by atoms with E-state index in [1.807, 2.05) is 6.07 Å². The van der Waals surface area contributed by atoms with Gasteiger partial charge in [-0.2, -0.15) is 0 Å². The number of rotatable bonds is 6. The summed E-state index contributed by atoms with van der Waals surface area (Å²) in [4.78, 5) is 24.8. The molecule has 0 saturated heterocycles. The lowest BCUT2D eigenvalue weighted by Gasteiger charge is -2.09. The van der Waals surface area contributed by atoms with Gasteiger partial charge in [-0.05, 0) is 46.3 Å². The van der Waals surface area contributed by atoms with Crippen LogP contribution >= 0.6 is 27.7 Å². The summed E-state index contributed by atoms with van der Waals surface area (Å²) in [7, 11) is 3.48. The second-order valence-electron chi connectivity index (χ2n) is 4.19. The van der Waals surface area contributed by atoms with Crippen molar-refractivity contribution in [2.75, 3.05) is 19.8 Å². The predicted molar refractivity (Wildman–Crippen MR) is 79.8 cm³/mol. The van der Waals surface area contributed by atoms with Gasteiger partial charge in [-0.15, -0.1) is 11.8 Å². The molecule has 0 aliphatic rings. The van der Waals surface area contributed by atoms with Crippen LogP contribution in [-0.4, -0.2) is 41.7 Å². The molecule has 0 spiro atoms. The minimum Gasteiger partial charge on any atom is -0.478 e. The smallest absolute Gasteiger partial charge is 0.336 e. The van der Waals surface area contributed by atoms with E-state index in [9.17, 15) is 9.59 Å². The van der Waals surface area contributed by atoms with Crippen molar-refractivity contribution in [3.05, 3.63) is 28.2 Å². The molecule has 19 heavy (non-hydrogen) atoms. The average molecular weight is 346 g/mol. The maximum Gasteiger partial charge on any atom is 0.336 e. The normalized spacial score (nSPS) is 10.3. The number of carboxylic acids is 1. The number of carbonyl (C=O) groups is 2. The van der Waals surface area contributed by atoms with E-state index in [1.54, 1.807) is 42.9 Å². The Hall–Kier alpha value is -1.01. The molecule has 0 saturated carbocycles. The van der Waals surface area contributed by atoms with Crippen LogP contribution in [0.5, 0.6) is 0 Å². The number of amides is 1. The van der Waals surface area contributed by atoms with Crippen molar-refractivity contribution in [1.29, 1.82) is 0 Å². The number of hydrogen-bond donors (Lipinski definition) is 1. The van der Waals surface area contributed by atoms with Crippen molar-refractivity contribution >= 4 is 39.6 Å². The zero-order valence-corrected chi connectivity index (χ0v) is 13.3. The zero-order chi connectivity index (χ0) is 14.4. The molecule has 0 bridgehead atoms. The summed E-state index contributed by atoms with van der Waals surface area (Å²) >= 11 is 4.77. The van der Waals surface area contributed by atoms with Gasteiger partial charge in [0.2, 0.25) is 5.91 Å². The van der Waals surface area contributed by atoms with Gasteiger partial charge in [-0.25, -0.2) is 4.79 Å². The summed E-state index contributed by atoms with van der Waals surface area (Å²) in [5.41, 5.74) is 0.259. The molecule has 0 unspecified atom stereocenters. The van der Waals surface area contributed by atoms with E-state index in [-0.39, 0.29) is 11.5 Å². The monoisotopic (exact) mass is 345 g/mol. The van der Waals surface area contributed by atoms with Crippen LogP contribution in [0.25, 0.3) is 0 Å². The van der Waals surface area contributed by atoms with Gasteiger partial charge < -0.3 is 10.0 Å². The fraction of sp³-hybridized carbons (Fsp3) is 0.385. The predicted octanol–water partition coefficient (Wildman–Crippen LogP) is 3.11. The SMILES string of the molecule is CN(C)C(=O)CCCSc1ccc(Br)c(C(=O)O)c1. The van der Waals surface area contributed by atoms with E-state index in [4.69, 9.17) is 5.11 Å². The van der Waals surface area contributed by atoms with Crippen LogP contribution in [0, 0.1) is 0 Å². The Labute approximate surface area is 125 Å². The topological polar surface area (TPSA) is 57.6 Å². The maximum atomic E-state index is 11.4. The van der Waals surface area contributed by atoms with Gasteiger partial charge in [0, 0.05) is 29.9 Å². The highest BCUT2D eigenvalue weighted by Crippen LogP contribution is 2.25. The quantitative estimate of drug-likeness (QED) is 0.635. The molecular weight excluding hydrogens is 330 g/mol. The molecule has 0 heterocycles. The van der Waals surface area contributed by atoms with Crippen LogP contribution in [-0.2, 0) is 4.79 Å². The molecule has 0 atom stereocenters. The first-order valence-electron chi connectivity index (χ1n) is 5.77. The van der Waals surface area contributed by atoms with Crippen molar-refractivity contribution < 1.29 is 14.7 Å². The Morgan fingerprint density at radius 3 is 2.63 bits per heavy atom. The largest absolute Gasteiger partial charge is 0.478 e. The summed E-state index contributed by atoms with van der Waals surface area (Å²) in [6.45, 7) is 0. The Kier molecular flexibility index (Phi) is 6.37. The number of thioether (sulfide) groups is 1. The second-order valence-corrected chi connectivity index (χ2v) is 6.21. The summed E-state index contributed by atoms with van der Waals surface area (Å²) in [6, 6.07) is 5.25. The highest BCUT2D eigenvalue weighted by Gasteiger charge is 2.09. The summed E-state index contributed by atoms with van der Waals surface area (Å²) in [6.07, 6.45) is 1.29. The van der Waals surface area contributed by atoms with Gasteiger partial charge in [0.15, 0.2) is 0 Å². The van der Waals surface area contributed by atoms with Crippen molar-refractivity contribution in [3.8, 4) is 0 Å². The van der Waals surface area contributed by atoms with Gasteiger partial charge in [-0.3, -0.25) is 4.79 Å². The first kappa shape index (κ1) is 16.0. The third-order valence-electron chi connectivity index (χ3n) is 2.47. The minimum atomic E-state index is -0.947. The highest BCUT2D eigenvalue weighted by atomic mass is 79.9. The Balaban J connectivity index is 2.48. The molecule has 1 N–H and O–H groups in total. The molecule has 4 nitrogen and oxygen atoms in total. The van der Waals surface area contributed by atoms with Gasteiger partial charge >= 0.3 is 5.97 Å². The lowest BCUT2D eigenvalue weighted by molar-refractivity contribution is -0.128. The second kappa shape index (κ2) is 7.55. The molecule has 1 rings (SSSR count). The lowest BCUT2D eigenvalue weighted by atomic mass is 10.2. The van der Waals surface area contributed by atoms with Crippen molar-refractivity contribution in [2.24, 2.45) is 0 Å². The number of benzene rings is 1. The highest BCUT2D eigenvalue weighted by molar-refractivity contribution is 9.10. The lowest BCUT2D eigenvalue weighted by Crippen LogP contribution is -2.21. The molecule has 1 aromatic rings. The molecule has 6 heteroatoms. The number of carbonyl (C=O) groups excluding carboxylic acids is 1. The first-order valence-corrected chi connectivity index (χ1v) is 7.55. The van der Waals surface area contributed by atoms with Crippen LogP contribution in [0.3, 0.4) is 0 Å². The molecule has 0 aliphatic carbocycles. The maximum absolute atomic E-state index is 11.4. The molecular formula is C13H16BrNO3S. The van der Waals surface area contributed by atoms with Gasteiger partial charge in [0.25, 0.3) is 0 Å². The van der Waals surface area contributed by atoms with Crippen LogP contribution in [0.15, 0.2) is 27.6 Å². The van der Waals surface area contributed by atoms with E-state index in [0.717, 1.165) is 17.1 Å². The van der Waals surface area contributed by atoms with Crippen molar-refractivity contribution in [3.63, 3.8) is 0 Å². The third-order valence-corrected chi connectivity index (χ3v) is 4.24. The third kappa shape index (κ3) is 5.24. The molecule has 0 aromatic heterocycles. The number of halogens is 1. The van der Waals surface area contributed by atoms with Crippen LogP contribution in [0.1, 0.15) is 23.2 Å². The molecule has 0 aliphatic heterocycles.